The summed E-state index contributed by atoms with van der Waals surface area (Å²) in [7, 11) is 0. The average molecular weight is 425 g/mol. The molecule has 9 heteroatoms. The molecular weight excluding hydrogens is 395 g/mol. The van der Waals surface area contributed by atoms with Crippen molar-refractivity contribution in [2.75, 3.05) is 32.7 Å². The summed E-state index contributed by atoms with van der Waals surface area (Å²) < 4.78 is 37.8. The van der Waals surface area contributed by atoms with E-state index >= 15 is 0 Å². The molecule has 0 aliphatic carbocycles. The van der Waals surface area contributed by atoms with Crippen molar-refractivity contribution in [3.8, 4) is 0 Å². The number of alkyl halides is 3. The minimum absolute atomic E-state index is 0.0577. The van der Waals surface area contributed by atoms with Crippen molar-refractivity contribution in [2.24, 2.45) is 4.99 Å². The lowest BCUT2D eigenvalue weighted by Gasteiger charge is -2.20. The lowest BCUT2D eigenvalue weighted by atomic mass is 10.1. The van der Waals surface area contributed by atoms with Crippen LogP contribution in [0.1, 0.15) is 37.3 Å². The molecule has 0 radical (unpaired) electrons. The minimum Gasteiger partial charge on any atom is -0.357 e. The second-order valence-corrected chi connectivity index (χ2v) is 7.91. The number of hydrogen-bond donors (Lipinski definition) is 2. The van der Waals surface area contributed by atoms with Crippen LogP contribution in [0, 0.1) is 0 Å². The minimum atomic E-state index is -4.17. The summed E-state index contributed by atoms with van der Waals surface area (Å²) in [6.07, 6.45) is -1.97. The Hall–Kier alpha value is -2.29. The number of nitrogens with zero attached hydrogens (tertiary/aromatic N) is 3. The summed E-state index contributed by atoms with van der Waals surface area (Å²) in [5.41, 5.74) is 2.11. The van der Waals surface area contributed by atoms with Crippen LogP contribution in [0.25, 0.3) is 0 Å². The number of nitrogens with one attached hydrogen (secondary N) is 2. The molecule has 2 aliphatic rings. The third-order valence-corrected chi connectivity index (χ3v) is 5.32. The van der Waals surface area contributed by atoms with Crippen LogP contribution < -0.4 is 10.6 Å². The lowest BCUT2D eigenvalue weighted by molar-refractivity contribution is -0.143. The van der Waals surface area contributed by atoms with Crippen LogP contribution in [0.3, 0.4) is 0 Å². The Bertz CT molecular complexity index is 752. The summed E-state index contributed by atoms with van der Waals surface area (Å²) in [6.45, 7) is 4.41. The number of carbonyl (C=O) groups excluding carboxylic acids is 1. The Morgan fingerprint density at radius 3 is 2.77 bits per heavy atom. The second-order valence-electron chi connectivity index (χ2n) is 7.91. The Kier molecular flexibility index (Phi) is 7.58. The first-order valence-corrected chi connectivity index (χ1v) is 10.5. The predicted molar refractivity (Wildman–Crippen MR) is 110 cm³/mol. The van der Waals surface area contributed by atoms with E-state index in [0.717, 1.165) is 24.1 Å². The number of aliphatic imine (C=N–C) groups is 1. The topological polar surface area (TPSA) is 60.0 Å². The van der Waals surface area contributed by atoms with Crippen LogP contribution in [-0.2, 0) is 17.9 Å². The number of hydrogen-bond acceptors (Lipinski definition) is 3. The van der Waals surface area contributed by atoms with Gasteiger partial charge in [-0.3, -0.25) is 9.69 Å². The van der Waals surface area contributed by atoms with Gasteiger partial charge in [0, 0.05) is 45.2 Å². The van der Waals surface area contributed by atoms with Crippen molar-refractivity contribution in [1.29, 1.82) is 0 Å². The Morgan fingerprint density at radius 1 is 1.27 bits per heavy atom. The summed E-state index contributed by atoms with van der Waals surface area (Å²) in [6, 6.07) is 7.96. The monoisotopic (exact) mass is 425 g/mol. The van der Waals surface area contributed by atoms with Gasteiger partial charge in [0.2, 0.25) is 5.91 Å². The Morgan fingerprint density at radius 2 is 2.07 bits per heavy atom. The highest BCUT2D eigenvalue weighted by Crippen LogP contribution is 2.20. The number of benzene rings is 1. The first kappa shape index (κ1) is 22.4. The number of rotatable bonds is 7. The maximum absolute atomic E-state index is 12.6. The average Bonchev–Trinajstić information content (AvgIpc) is 3.28. The van der Waals surface area contributed by atoms with Crippen LogP contribution in [-0.4, -0.2) is 66.6 Å². The van der Waals surface area contributed by atoms with Crippen molar-refractivity contribution >= 4 is 11.9 Å². The van der Waals surface area contributed by atoms with Gasteiger partial charge in [0.05, 0.1) is 13.1 Å². The van der Waals surface area contributed by atoms with E-state index in [1.165, 1.54) is 4.90 Å². The molecule has 0 bridgehead atoms. The van der Waals surface area contributed by atoms with Crippen molar-refractivity contribution in [2.45, 2.75) is 51.5 Å². The molecule has 2 heterocycles. The van der Waals surface area contributed by atoms with Gasteiger partial charge in [-0.1, -0.05) is 24.3 Å². The molecule has 1 aromatic carbocycles. The van der Waals surface area contributed by atoms with E-state index in [1.54, 1.807) is 0 Å². The molecule has 6 nitrogen and oxygen atoms in total. The molecule has 30 heavy (non-hydrogen) atoms. The molecule has 2 aliphatic heterocycles. The smallest absolute Gasteiger partial charge is 0.357 e. The van der Waals surface area contributed by atoms with E-state index in [1.807, 2.05) is 30.0 Å². The lowest BCUT2D eigenvalue weighted by Crippen LogP contribution is -2.45. The van der Waals surface area contributed by atoms with E-state index in [4.69, 9.17) is 0 Å². The van der Waals surface area contributed by atoms with Crippen molar-refractivity contribution in [3.63, 3.8) is 0 Å². The molecule has 2 fully saturated rings. The van der Waals surface area contributed by atoms with Crippen LogP contribution in [0.15, 0.2) is 29.3 Å². The normalized spacial score (nSPS) is 20.8. The first-order valence-electron chi connectivity index (χ1n) is 10.5. The van der Waals surface area contributed by atoms with Crippen LogP contribution in [0.5, 0.6) is 0 Å². The third-order valence-electron chi connectivity index (χ3n) is 5.32. The molecule has 166 valence electrons. The van der Waals surface area contributed by atoms with Crippen LogP contribution in [0.2, 0.25) is 0 Å². The fourth-order valence-electron chi connectivity index (χ4n) is 3.95. The quantitative estimate of drug-likeness (QED) is 0.521. The fraction of sp³-hybridized carbons (Fsp3) is 0.619. The molecule has 1 aromatic rings. The van der Waals surface area contributed by atoms with Crippen LogP contribution in [0.4, 0.5) is 13.2 Å². The summed E-state index contributed by atoms with van der Waals surface area (Å²) in [5, 5.41) is 6.43. The molecule has 1 unspecified atom stereocenters. The fourth-order valence-corrected chi connectivity index (χ4v) is 3.95. The molecule has 2 saturated heterocycles. The van der Waals surface area contributed by atoms with Crippen molar-refractivity contribution < 1.29 is 18.0 Å². The summed E-state index contributed by atoms with van der Waals surface area (Å²) in [4.78, 5) is 19.7. The van der Waals surface area contributed by atoms with E-state index in [-0.39, 0.29) is 11.9 Å². The standard InChI is InChI=1S/C21H30F3N5O/c1-2-25-20(27-18-8-10-28(14-18)15-21(22,23)24)26-12-16-5-3-6-17(11-16)13-29-9-4-7-19(29)30/h3,5-6,11,18H,2,4,7-10,12-15H2,1H3,(H2,25,26,27). The molecule has 3 rings (SSSR count). The Balaban J connectivity index is 1.55. The highest BCUT2D eigenvalue weighted by molar-refractivity contribution is 5.80. The maximum Gasteiger partial charge on any atom is 0.401 e. The van der Waals surface area contributed by atoms with Crippen molar-refractivity contribution in [1.82, 2.24) is 20.4 Å². The zero-order valence-corrected chi connectivity index (χ0v) is 17.3. The van der Waals surface area contributed by atoms with Gasteiger partial charge in [-0.15, -0.1) is 0 Å². The first-order chi connectivity index (χ1) is 14.3. The molecule has 0 spiro atoms. The van der Waals surface area contributed by atoms with Gasteiger partial charge < -0.3 is 15.5 Å². The number of amides is 1. The molecular formula is C21H30F3N5O. The van der Waals surface area contributed by atoms with Gasteiger partial charge in [-0.05, 0) is 30.9 Å². The molecule has 1 atom stereocenters. The largest absolute Gasteiger partial charge is 0.401 e. The highest BCUT2D eigenvalue weighted by Gasteiger charge is 2.34. The number of carbonyl (C=O) groups is 1. The maximum atomic E-state index is 12.6. The van der Waals surface area contributed by atoms with Gasteiger partial charge >= 0.3 is 6.18 Å². The molecule has 2 N–H and O–H groups in total. The zero-order chi connectivity index (χ0) is 21.6. The summed E-state index contributed by atoms with van der Waals surface area (Å²) in [5.74, 6) is 0.810. The predicted octanol–water partition coefficient (Wildman–Crippen LogP) is 2.50. The van der Waals surface area contributed by atoms with Gasteiger partial charge in [0.1, 0.15) is 0 Å². The van der Waals surface area contributed by atoms with Crippen molar-refractivity contribution in [3.05, 3.63) is 35.4 Å². The number of likely N-dealkylation sites (tertiary alicyclic amines) is 2. The molecule has 1 amide bonds. The molecule has 0 saturated carbocycles. The van der Waals surface area contributed by atoms with E-state index in [2.05, 4.69) is 21.7 Å². The molecule has 0 aromatic heterocycles. The number of guanidine groups is 1. The van der Waals surface area contributed by atoms with E-state index in [0.29, 0.717) is 51.5 Å². The van der Waals surface area contributed by atoms with Gasteiger partial charge in [-0.2, -0.15) is 13.2 Å². The summed E-state index contributed by atoms with van der Waals surface area (Å²) >= 11 is 0. The number of halogens is 3. The Labute approximate surface area is 175 Å². The van der Waals surface area contributed by atoms with Crippen LogP contribution >= 0.6 is 0 Å². The van der Waals surface area contributed by atoms with Gasteiger partial charge in [0.25, 0.3) is 0 Å². The van der Waals surface area contributed by atoms with E-state index in [9.17, 15) is 18.0 Å². The third kappa shape index (κ3) is 6.90. The van der Waals surface area contributed by atoms with E-state index < -0.39 is 12.7 Å². The highest BCUT2D eigenvalue weighted by atomic mass is 19.4. The zero-order valence-electron chi connectivity index (χ0n) is 17.3. The SMILES string of the molecule is CCNC(=NCc1cccc(CN2CCCC2=O)c1)NC1CCN(CC(F)(F)F)C1. The van der Waals surface area contributed by atoms with Gasteiger partial charge in [-0.25, -0.2) is 4.99 Å². The van der Waals surface area contributed by atoms with Gasteiger partial charge in [0.15, 0.2) is 5.96 Å². The second kappa shape index (κ2) is 10.1.